The zero-order valence-electron chi connectivity index (χ0n) is 11.6. The molecule has 20 heavy (non-hydrogen) atoms. The van der Waals surface area contributed by atoms with Gasteiger partial charge in [0.1, 0.15) is 11.6 Å². The van der Waals surface area contributed by atoms with Crippen LogP contribution >= 0.6 is 0 Å². The van der Waals surface area contributed by atoms with Crippen molar-refractivity contribution in [1.82, 2.24) is 0 Å². The minimum atomic E-state index is -1.52. The molecule has 1 N–H and O–H groups in total. The van der Waals surface area contributed by atoms with Crippen molar-refractivity contribution in [1.29, 1.82) is 0 Å². The molecule has 1 aromatic carbocycles. The first kappa shape index (κ1) is 16.3. The summed E-state index contributed by atoms with van der Waals surface area (Å²) in [6, 6.07) is 1.23. The zero-order chi connectivity index (χ0) is 15.3. The van der Waals surface area contributed by atoms with Crippen LogP contribution in [0.4, 0.5) is 8.78 Å². The number of rotatable bonds is 7. The Morgan fingerprint density at radius 1 is 1.20 bits per heavy atom. The van der Waals surface area contributed by atoms with E-state index in [2.05, 4.69) is 0 Å². The van der Waals surface area contributed by atoms with Gasteiger partial charge >= 0.3 is 5.97 Å². The van der Waals surface area contributed by atoms with Crippen LogP contribution in [0.1, 0.15) is 60.2 Å². The van der Waals surface area contributed by atoms with Gasteiger partial charge in [0.15, 0.2) is 5.78 Å². The van der Waals surface area contributed by atoms with Crippen LogP contribution in [-0.4, -0.2) is 16.9 Å². The number of carbonyl (C=O) groups is 2. The number of benzene rings is 1. The number of halogens is 2. The van der Waals surface area contributed by atoms with E-state index in [9.17, 15) is 18.4 Å². The molecule has 0 radical (unpaired) electrons. The number of carbonyl (C=O) groups excluding carboxylic acids is 1. The normalized spacial score (nSPS) is 12.2. The minimum absolute atomic E-state index is 0.0835. The number of unbranched alkanes of at least 4 members (excludes halogenated alkanes) is 1. The number of hydrogen-bond acceptors (Lipinski definition) is 2. The first-order valence-electron chi connectivity index (χ1n) is 6.62. The van der Waals surface area contributed by atoms with E-state index in [1.807, 2.05) is 13.8 Å². The minimum Gasteiger partial charge on any atom is -0.478 e. The van der Waals surface area contributed by atoms with E-state index in [-0.39, 0.29) is 17.9 Å². The quantitative estimate of drug-likeness (QED) is 0.768. The highest BCUT2D eigenvalue weighted by Gasteiger charge is 2.20. The molecule has 0 amide bonds. The molecule has 0 heterocycles. The summed E-state index contributed by atoms with van der Waals surface area (Å²) in [6.07, 6.45) is 2.95. The number of aromatic carboxylic acids is 1. The molecule has 0 spiro atoms. The Bertz CT molecular complexity index is 512. The van der Waals surface area contributed by atoms with Crippen molar-refractivity contribution in [2.75, 3.05) is 0 Å². The molecule has 0 bridgehead atoms. The van der Waals surface area contributed by atoms with Crippen molar-refractivity contribution < 1.29 is 23.5 Å². The summed E-state index contributed by atoms with van der Waals surface area (Å²) in [5.74, 6) is -4.12. The molecule has 3 nitrogen and oxygen atoms in total. The molecule has 0 saturated heterocycles. The molecule has 5 heteroatoms. The van der Waals surface area contributed by atoms with Crippen molar-refractivity contribution in [2.24, 2.45) is 5.92 Å². The van der Waals surface area contributed by atoms with Crippen molar-refractivity contribution in [3.63, 3.8) is 0 Å². The topological polar surface area (TPSA) is 54.4 Å². The van der Waals surface area contributed by atoms with E-state index in [1.54, 1.807) is 0 Å². The maximum atomic E-state index is 13.6. The van der Waals surface area contributed by atoms with Gasteiger partial charge in [-0.15, -0.1) is 0 Å². The summed E-state index contributed by atoms with van der Waals surface area (Å²) < 4.78 is 26.8. The van der Waals surface area contributed by atoms with Gasteiger partial charge in [0.2, 0.25) is 0 Å². The Morgan fingerprint density at radius 2 is 1.80 bits per heavy atom. The van der Waals surface area contributed by atoms with E-state index in [0.717, 1.165) is 25.3 Å². The van der Waals surface area contributed by atoms with Crippen LogP contribution in [0.3, 0.4) is 0 Å². The Labute approximate surface area is 116 Å². The number of hydrogen-bond donors (Lipinski definition) is 1. The van der Waals surface area contributed by atoms with Gasteiger partial charge in [-0.1, -0.05) is 33.1 Å². The van der Waals surface area contributed by atoms with Crippen LogP contribution in [0.5, 0.6) is 0 Å². The molecule has 1 rings (SSSR count). The van der Waals surface area contributed by atoms with Crippen molar-refractivity contribution in [3.05, 3.63) is 34.9 Å². The Morgan fingerprint density at radius 3 is 2.35 bits per heavy atom. The predicted octanol–water partition coefficient (Wildman–Crippen LogP) is 4.06. The van der Waals surface area contributed by atoms with E-state index in [4.69, 9.17) is 5.11 Å². The number of carboxylic acid groups (broad SMARTS) is 1. The van der Waals surface area contributed by atoms with Gasteiger partial charge in [-0.05, 0) is 12.0 Å². The van der Waals surface area contributed by atoms with E-state index < -0.39 is 29.0 Å². The third kappa shape index (κ3) is 4.11. The molecule has 1 atom stereocenters. The van der Waals surface area contributed by atoms with Crippen LogP contribution in [0.2, 0.25) is 0 Å². The zero-order valence-corrected chi connectivity index (χ0v) is 11.6. The van der Waals surface area contributed by atoms with Gasteiger partial charge < -0.3 is 5.11 Å². The van der Waals surface area contributed by atoms with Crippen LogP contribution in [0.15, 0.2) is 12.1 Å². The Hall–Kier alpha value is -1.78. The van der Waals surface area contributed by atoms with Crippen LogP contribution in [0.25, 0.3) is 0 Å². The fourth-order valence-corrected chi connectivity index (χ4v) is 2.01. The third-order valence-electron chi connectivity index (χ3n) is 3.17. The monoisotopic (exact) mass is 284 g/mol. The predicted molar refractivity (Wildman–Crippen MR) is 71.0 cm³/mol. The molecule has 110 valence electrons. The Kier molecular flexibility index (Phi) is 5.80. The van der Waals surface area contributed by atoms with Gasteiger partial charge in [-0.2, -0.15) is 0 Å². The highest BCUT2D eigenvalue weighted by atomic mass is 19.1. The van der Waals surface area contributed by atoms with Gasteiger partial charge in [-0.3, -0.25) is 4.79 Å². The Balaban J connectivity index is 2.92. The summed E-state index contributed by atoms with van der Waals surface area (Å²) in [5.41, 5.74) is -1.04. The number of carboxylic acids is 1. The van der Waals surface area contributed by atoms with Crippen LogP contribution in [-0.2, 0) is 0 Å². The second kappa shape index (κ2) is 7.12. The average Bonchev–Trinajstić information content (AvgIpc) is 2.35. The SMILES string of the molecule is CCCCC(C)CC(=O)c1cc(C(=O)O)c(F)cc1F. The lowest BCUT2D eigenvalue weighted by atomic mass is 9.94. The van der Waals surface area contributed by atoms with Gasteiger partial charge in [0.25, 0.3) is 0 Å². The lowest BCUT2D eigenvalue weighted by Crippen LogP contribution is -2.11. The first-order chi connectivity index (χ1) is 9.36. The van der Waals surface area contributed by atoms with Crippen molar-refractivity contribution >= 4 is 11.8 Å². The van der Waals surface area contributed by atoms with Crippen molar-refractivity contribution in [2.45, 2.75) is 39.5 Å². The van der Waals surface area contributed by atoms with Gasteiger partial charge in [-0.25, -0.2) is 13.6 Å². The van der Waals surface area contributed by atoms with Crippen molar-refractivity contribution in [3.8, 4) is 0 Å². The second-order valence-electron chi connectivity index (χ2n) is 4.99. The summed E-state index contributed by atoms with van der Waals surface area (Å²) in [6.45, 7) is 3.92. The number of ketones is 1. The molecule has 0 aromatic heterocycles. The number of Topliss-reactive ketones (excluding diaryl/α,β-unsaturated/α-hetero) is 1. The third-order valence-corrected chi connectivity index (χ3v) is 3.17. The lowest BCUT2D eigenvalue weighted by molar-refractivity contribution is 0.0692. The molecule has 0 aliphatic heterocycles. The summed E-state index contributed by atoms with van der Waals surface area (Å²) in [5, 5.41) is 8.79. The molecule has 0 fully saturated rings. The second-order valence-corrected chi connectivity index (χ2v) is 4.99. The summed E-state index contributed by atoms with van der Waals surface area (Å²) in [7, 11) is 0. The highest BCUT2D eigenvalue weighted by Crippen LogP contribution is 2.20. The largest absolute Gasteiger partial charge is 0.478 e. The molecular weight excluding hydrogens is 266 g/mol. The van der Waals surface area contributed by atoms with E-state index >= 15 is 0 Å². The van der Waals surface area contributed by atoms with Gasteiger partial charge in [0.05, 0.1) is 11.1 Å². The van der Waals surface area contributed by atoms with E-state index in [0.29, 0.717) is 6.07 Å². The smallest absolute Gasteiger partial charge is 0.338 e. The average molecular weight is 284 g/mol. The van der Waals surface area contributed by atoms with Crippen LogP contribution < -0.4 is 0 Å². The molecule has 0 aliphatic carbocycles. The van der Waals surface area contributed by atoms with Gasteiger partial charge in [0, 0.05) is 12.5 Å². The maximum absolute atomic E-state index is 13.6. The first-order valence-corrected chi connectivity index (χ1v) is 6.62. The summed E-state index contributed by atoms with van der Waals surface area (Å²) in [4.78, 5) is 22.8. The molecule has 0 saturated carbocycles. The molecule has 0 aliphatic rings. The van der Waals surface area contributed by atoms with Crippen LogP contribution in [0, 0.1) is 17.6 Å². The standard InChI is InChI=1S/C15H18F2O3/c1-3-4-5-9(2)6-14(18)10-7-11(15(19)20)13(17)8-12(10)16/h7-9H,3-6H2,1-2H3,(H,19,20). The molecule has 1 unspecified atom stereocenters. The molecular formula is C15H18F2O3. The van der Waals surface area contributed by atoms with E-state index in [1.165, 1.54) is 0 Å². The fraction of sp³-hybridized carbons (Fsp3) is 0.467. The molecule has 1 aromatic rings. The highest BCUT2D eigenvalue weighted by molar-refractivity contribution is 5.99. The summed E-state index contributed by atoms with van der Waals surface area (Å²) >= 11 is 0. The lowest BCUT2D eigenvalue weighted by Gasteiger charge is -2.11. The maximum Gasteiger partial charge on any atom is 0.338 e. The fourth-order valence-electron chi connectivity index (χ4n) is 2.01.